The largest absolute Gasteiger partial charge is 0.395 e. The van der Waals surface area contributed by atoms with Crippen LogP contribution in [0.15, 0.2) is 0 Å². The lowest BCUT2D eigenvalue weighted by Crippen LogP contribution is -2.37. The van der Waals surface area contributed by atoms with E-state index in [1.165, 1.54) is 0 Å². The zero-order valence-electron chi connectivity index (χ0n) is 6.97. The van der Waals surface area contributed by atoms with Crippen LogP contribution >= 0.6 is 0 Å². The molecule has 0 saturated carbocycles. The third-order valence-corrected chi connectivity index (χ3v) is 4.10. The minimum absolute atomic E-state index is 0.277. The van der Waals surface area contributed by atoms with Crippen LogP contribution in [0.25, 0.3) is 0 Å². The third-order valence-electron chi connectivity index (χ3n) is 1.70. The van der Waals surface area contributed by atoms with E-state index in [9.17, 15) is 8.42 Å². The van der Waals surface area contributed by atoms with Crippen LogP contribution in [0.3, 0.4) is 0 Å². The van der Waals surface area contributed by atoms with Gasteiger partial charge in [0.1, 0.15) is 5.25 Å². The van der Waals surface area contributed by atoms with Crippen LogP contribution < -0.4 is 0 Å². The first kappa shape index (κ1) is 11.9. The fourth-order valence-electron chi connectivity index (χ4n) is 0.745. The number of rotatable bonds is 5. The second-order valence-corrected chi connectivity index (χ2v) is 4.97. The smallest absolute Gasteiger partial charge is 0.152 e. The highest BCUT2D eigenvalue weighted by molar-refractivity contribution is 7.93. The lowest BCUT2D eigenvalue weighted by molar-refractivity contribution is 0.223. The van der Waals surface area contributed by atoms with Gasteiger partial charge in [0, 0.05) is 5.15 Å². The van der Waals surface area contributed by atoms with Gasteiger partial charge in [-0.15, -0.1) is 0 Å². The average Bonchev–Trinajstić information content (AvgIpc) is 2.04. The summed E-state index contributed by atoms with van der Waals surface area (Å²) in [6.07, 6.45) is 0.277. The third kappa shape index (κ3) is 2.47. The maximum Gasteiger partial charge on any atom is 0.152 e. The molecule has 0 aliphatic carbocycles. The van der Waals surface area contributed by atoms with E-state index in [0.29, 0.717) is 0 Å². The van der Waals surface area contributed by atoms with Crippen molar-refractivity contribution in [2.75, 3.05) is 13.2 Å². The number of aliphatic hydroxyl groups excluding tert-OH is 2. The van der Waals surface area contributed by atoms with Gasteiger partial charge in [0.25, 0.3) is 0 Å². The molecule has 12 heavy (non-hydrogen) atoms. The highest BCUT2D eigenvalue weighted by Gasteiger charge is 2.28. The maximum atomic E-state index is 11.3. The Hall–Kier alpha value is -0.0651. The van der Waals surface area contributed by atoms with Crippen molar-refractivity contribution in [2.45, 2.75) is 23.7 Å². The van der Waals surface area contributed by atoms with Crippen LogP contribution in [0.4, 0.5) is 0 Å². The van der Waals surface area contributed by atoms with Gasteiger partial charge in [0.05, 0.1) is 21.1 Å². The molecule has 6 heteroatoms. The van der Waals surface area contributed by atoms with Crippen molar-refractivity contribution < 1.29 is 18.6 Å². The number of hydrogen-bond acceptors (Lipinski definition) is 4. The summed E-state index contributed by atoms with van der Waals surface area (Å²) in [6, 6.07) is 0. The van der Waals surface area contributed by atoms with Crippen LogP contribution in [0.2, 0.25) is 0 Å². The normalized spacial score (nSPS) is 15.0. The summed E-state index contributed by atoms with van der Waals surface area (Å²) in [5.74, 6) is 0. The van der Waals surface area contributed by atoms with Gasteiger partial charge in [0.2, 0.25) is 0 Å². The first-order valence-electron chi connectivity index (χ1n) is 3.70. The molecule has 0 aliphatic heterocycles. The van der Waals surface area contributed by atoms with Crippen LogP contribution in [0.5, 0.6) is 0 Å². The zero-order valence-corrected chi connectivity index (χ0v) is 7.79. The molecule has 0 aliphatic rings. The van der Waals surface area contributed by atoms with Gasteiger partial charge >= 0.3 is 0 Å². The van der Waals surface area contributed by atoms with Crippen LogP contribution in [0.1, 0.15) is 13.3 Å². The van der Waals surface area contributed by atoms with Crippen molar-refractivity contribution >= 4 is 17.7 Å². The summed E-state index contributed by atoms with van der Waals surface area (Å²) < 4.78 is 22.6. The van der Waals surface area contributed by atoms with Gasteiger partial charge in [0.15, 0.2) is 9.84 Å². The molecule has 2 N–H and O–H groups in total. The van der Waals surface area contributed by atoms with E-state index in [1.807, 2.05) is 0 Å². The Morgan fingerprint density at radius 1 is 1.33 bits per heavy atom. The van der Waals surface area contributed by atoms with E-state index in [4.69, 9.17) is 18.1 Å². The van der Waals surface area contributed by atoms with Crippen molar-refractivity contribution in [3.63, 3.8) is 0 Å². The van der Waals surface area contributed by atoms with Gasteiger partial charge in [-0.1, -0.05) is 6.92 Å². The molecule has 0 amide bonds. The first-order valence-corrected chi connectivity index (χ1v) is 5.31. The lowest BCUT2D eigenvalue weighted by atomic mass is 10.0. The van der Waals surface area contributed by atoms with Crippen molar-refractivity contribution in [3.05, 3.63) is 0 Å². The summed E-state index contributed by atoms with van der Waals surface area (Å²) in [6.45, 7) is 0.451. The highest BCUT2D eigenvalue weighted by atomic mass is 32.2. The molecule has 2 radical (unpaired) electrons. The summed E-state index contributed by atoms with van der Waals surface area (Å²) in [5, 5.41) is 15.1. The molecule has 0 saturated heterocycles. The molecule has 70 valence electrons. The summed E-state index contributed by atoms with van der Waals surface area (Å²) in [7, 11) is 1.72. The second-order valence-electron chi connectivity index (χ2n) is 2.52. The molecule has 0 fully saturated rings. The molecule has 0 spiro atoms. The van der Waals surface area contributed by atoms with Crippen molar-refractivity contribution in [3.8, 4) is 0 Å². The highest BCUT2D eigenvalue weighted by Crippen LogP contribution is 2.09. The number of aliphatic hydroxyl groups is 2. The fraction of sp³-hybridized carbons (Fsp3) is 1.00. The fourth-order valence-corrected chi connectivity index (χ4v) is 2.12. The molecule has 4 nitrogen and oxygen atoms in total. The molecule has 0 heterocycles. The number of sulfone groups is 1. The molecular weight excluding hydrogens is 179 g/mol. The van der Waals surface area contributed by atoms with Gasteiger partial charge < -0.3 is 10.2 Å². The zero-order chi connectivity index (χ0) is 9.78. The summed E-state index contributed by atoms with van der Waals surface area (Å²) >= 11 is 0. The van der Waals surface area contributed by atoms with Crippen LogP contribution in [-0.2, 0) is 9.84 Å². The van der Waals surface area contributed by atoms with E-state index in [-0.39, 0.29) is 6.42 Å². The Kier molecular flexibility index (Phi) is 4.81. The quantitative estimate of drug-likeness (QED) is 0.528. The summed E-state index contributed by atoms with van der Waals surface area (Å²) in [4.78, 5) is 0. The van der Waals surface area contributed by atoms with Gasteiger partial charge in [-0.2, -0.15) is 0 Å². The molecule has 0 aromatic rings. The minimum Gasteiger partial charge on any atom is -0.395 e. The predicted molar refractivity (Wildman–Crippen MR) is 46.7 cm³/mol. The average molecular weight is 192 g/mol. The van der Waals surface area contributed by atoms with Crippen LogP contribution in [-0.4, -0.2) is 50.1 Å². The minimum atomic E-state index is -3.57. The van der Waals surface area contributed by atoms with E-state index in [1.54, 1.807) is 6.92 Å². The monoisotopic (exact) mass is 192 g/mol. The molecular formula is C6H13BO4S. The standard InChI is InChI=1S/C6H13BO4S/c1-2-6(7)12(10,11)5(3-8)4-9/h5-6,8-9H,2-4H2,1H3/t6-/m1/s1. The van der Waals surface area contributed by atoms with Crippen molar-refractivity contribution in [1.29, 1.82) is 0 Å². The van der Waals surface area contributed by atoms with E-state index >= 15 is 0 Å². The van der Waals surface area contributed by atoms with Gasteiger partial charge in [-0.25, -0.2) is 8.42 Å². The lowest BCUT2D eigenvalue weighted by Gasteiger charge is -2.17. The predicted octanol–water partition coefficient (Wildman–Crippen LogP) is -1.34. The summed E-state index contributed by atoms with van der Waals surface area (Å²) in [5.41, 5.74) is 0. The van der Waals surface area contributed by atoms with Gasteiger partial charge in [-0.3, -0.25) is 0 Å². The van der Waals surface area contributed by atoms with E-state index in [2.05, 4.69) is 0 Å². The Morgan fingerprint density at radius 3 is 2.00 bits per heavy atom. The second kappa shape index (κ2) is 4.84. The first-order chi connectivity index (χ1) is 5.50. The van der Waals surface area contributed by atoms with E-state index < -0.39 is 33.5 Å². The van der Waals surface area contributed by atoms with E-state index in [0.717, 1.165) is 0 Å². The Balaban J connectivity index is 4.58. The molecule has 0 aromatic heterocycles. The maximum absolute atomic E-state index is 11.3. The van der Waals surface area contributed by atoms with Crippen molar-refractivity contribution in [2.24, 2.45) is 0 Å². The van der Waals surface area contributed by atoms with Crippen molar-refractivity contribution in [1.82, 2.24) is 0 Å². The molecule has 0 aromatic carbocycles. The molecule has 0 bridgehead atoms. The molecule has 0 rings (SSSR count). The molecule has 1 atom stereocenters. The van der Waals surface area contributed by atoms with Crippen LogP contribution in [0, 0.1) is 0 Å². The van der Waals surface area contributed by atoms with Gasteiger partial charge in [-0.05, 0) is 6.42 Å². The topological polar surface area (TPSA) is 74.6 Å². The number of hydrogen-bond donors (Lipinski definition) is 2. The Morgan fingerprint density at radius 2 is 1.75 bits per heavy atom. The Bertz CT molecular complexity index is 210. The molecule has 0 unspecified atom stereocenters. The SMILES string of the molecule is [B][C@@H](CC)S(=O)(=O)C(CO)CO. The Labute approximate surface area is 73.9 Å².